The summed E-state index contributed by atoms with van der Waals surface area (Å²) in [6.07, 6.45) is 12.0. The van der Waals surface area contributed by atoms with Crippen molar-refractivity contribution in [1.82, 2.24) is 19.1 Å². The average molecular weight is 647 g/mol. The summed E-state index contributed by atoms with van der Waals surface area (Å²) in [7, 11) is 0. The van der Waals surface area contributed by atoms with E-state index in [4.69, 9.17) is 9.98 Å². The second-order valence-corrected chi connectivity index (χ2v) is 13.7. The van der Waals surface area contributed by atoms with E-state index in [9.17, 15) is 0 Å². The molecule has 0 N–H and O–H groups in total. The number of hydrogen-bond acceptors (Lipinski definition) is 5. The third kappa shape index (κ3) is 3.85. The first kappa shape index (κ1) is 27.0. The molecule has 1 aliphatic carbocycles. The predicted octanol–water partition coefficient (Wildman–Crippen LogP) is 9.50. The molecule has 49 heavy (non-hydrogen) atoms. The van der Waals surface area contributed by atoms with Crippen molar-refractivity contribution in [2.24, 2.45) is 15.9 Å². The monoisotopic (exact) mass is 646 g/mol. The van der Waals surface area contributed by atoms with E-state index in [-0.39, 0.29) is 12.0 Å². The molecule has 0 spiro atoms. The van der Waals surface area contributed by atoms with E-state index in [1.165, 1.54) is 59.1 Å². The normalized spacial score (nSPS) is 17.8. The van der Waals surface area contributed by atoms with Crippen molar-refractivity contribution >= 4 is 66.9 Å². The average Bonchev–Trinajstić information content (AvgIpc) is 3.69. The SMILES string of the molecule is C1=CC2N=C(c3cccc(-n4c5ccccc5c5c6c7ccccc7n7c6c(cc54)Sc4ccccc4-7)c3)N=C(c3ncccn3)C2C=C1. The van der Waals surface area contributed by atoms with Crippen LogP contribution in [0.15, 0.2) is 166 Å². The first-order valence-electron chi connectivity index (χ1n) is 16.5. The molecule has 0 amide bonds. The van der Waals surface area contributed by atoms with Gasteiger partial charge in [-0.2, -0.15) is 0 Å². The van der Waals surface area contributed by atoms with Gasteiger partial charge in [0.1, 0.15) is 0 Å². The minimum atomic E-state index is -0.0631. The van der Waals surface area contributed by atoms with Gasteiger partial charge in [-0.3, -0.25) is 4.99 Å². The van der Waals surface area contributed by atoms with Gasteiger partial charge >= 0.3 is 0 Å². The molecule has 6 nitrogen and oxygen atoms in total. The van der Waals surface area contributed by atoms with E-state index in [1.807, 2.05) is 17.8 Å². The highest BCUT2D eigenvalue weighted by Gasteiger charge is 2.31. The number of amidine groups is 1. The molecule has 0 radical (unpaired) electrons. The fraction of sp³-hybridized carbons (Fsp3) is 0.0476. The first-order valence-corrected chi connectivity index (χ1v) is 17.3. The highest BCUT2D eigenvalue weighted by atomic mass is 32.2. The van der Waals surface area contributed by atoms with Crippen LogP contribution in [0.3, 0.4) is 0 Å². The molecule has 7 heteroatoms. The van der Waals surface area contributed by atoms with Crippen LogP contribution in [-0.4, -0.2) is 36.7 Å². The van der Waals surface area contributed by atoms with Crippen molar-refractivity contribution < 1.29 is 0 Å². The summed E-state index contributed by atoms with van der Waals surface area (Å²) in [5, 5.41) is 5.07. The Morgan fingerprint density at radius 2 is 1.37 bits per heavy atom. The van der Waals surface area contributed by atoms with Crippen LogP contribution in [0.1, 0.15) is 11.4 Å². The first-order chi connectivity index (χ1) is 24.3. The lowest BCUT2D eigenvalue weighted by atomic mass is 9.88. The molecule has 2 aliphatic heterocycles. The van der Waals surface area contributed by atoms with Crippen LogP contribution < -0.4 is 0 Å². The zero-order valence-electron chi connectivity index (χ0n) is 26.1. The summed E-state index contributed by atoms with van der Waals surface area (Å²) in [4.78, 5) is 21.9. The Hall–Kier alpha value is -6.05. The largest absolute Gasteiger partial charge is 0.309 e. The van der Waals surface area contributed by atoms with Crippen LogP contribution in [-0.2, 0) is 0 Å². The van der Waals surface area contributed by atoms with Crippen molar-refractivity contribution in [3.63, 3.8) is 0 Å². The fourth-order valence-corrected chi connectivity index (χ4v) is 9.02. The second kappa shape index (κ2) is 10.2. The molecule has 3 aromatic heterocycles. The lowest BCUT2D eigenvalue weighted by Crippen LogP contribution is -2.33. The number of aliphatic imine (C=N–C) groups is 2. The summed E-state index contributed by atoms with van der Waals surface area (Å²) in [6, 6.07) is 39.2. The summed E-state index contributed by atoms with van der Waals surface area (Å²) < 4.78 is 4.88. The lowest BCUT2D eigenvalue weighted by Gasteiger charge is -2.26. The fourth-order valence-electron chi connectivity index (χ4n) is 7.91. The smallest absolute Gasteiger partial charge is 0.174 e. The van der Waals surface area contributed by atoms with E-state index in [2.05, 4.69) is 147 Å². The molecule has 3 aliphatic rings. The van der Waals surface area contributed by atoms with Crippen LogP contribution in [0, 0.1) is 5.92 Å². The maximum Gasteiger partial charge on any atom is 0.174 e. The number of hydrogen-bond donors (Lipinski definition) is 0. The van der Waals surface area contributed by atoms with E-state index in [0.29, 0.717) is 11.7 Å². The number of fused-ring (bicyclic) bond motifs is 10. The van der Waals surface area contributed by atoms with Crippen molar-refractivity contribution in [2.75, 3.05) is 0 Å². The molecular formula is C42H26N6S. The molecule has 2 atom stereocenters. The standard InChI is InChI=1S/C42H26N6S/c1-4-16-30-27(13-1)39(42-43-21-10-22-44-42)46-41(45-30)25-11-9-12-26(23-25)47-31-17-5-2-14-28(31)37-34(47)24-36-40-38(37)29-15-3-6-18-32(29)48(40)33-19-7-8-20-35(33)49-36/h1-24,27,30H. The van der Waals surface area contributed by atoms with E-state index >= 15 is 0 Å². The Morgan fingerprint density at radius 1 is 0.612 bits per heavy atom. The molecule has 230 valence electrons. The molecule has 5 heterocycles. The van der Waals surface area contributed by atoms with Gasteiger partial charge in [-0.05, 0) is 48.5 Å². The van der Waals surface area contributed by atoms with Crippen molar-refractivity contribution in [2.45, 2.75) is 15.8 Å². The van der Waals surface area contributed by atoms with Crippen LogP contribution >= 0.6 is 11.8 Å². The predicted molar refractivity (Wildman–Crippen MR) is 200 cm³/mol. The molecule has 8 aromatic rings. The molecule has 5 aromatic carbocycles. The summed E-state index contributed by atoms with van der Waals surface area (Å²) in [5.74, 6) is 1.33. The van der Waals surface area contributed by atoms with Crippen LogP contribution in [0.2, 0.25) is 0 Å². The van der Waals surface area contributed by atoms with E-state index in [1.54, 1.807) is 12.4 Å². The number of allylic oxidation sites excluding steroid dienone is 2. The highest BCUT2D eigenvalue weighted by molar-refractivity contribution is 7.99. The number of rotatable bonds is 3. The summed E-state index contributed by atoms with van der Waals surface area (Å²) >= 11 is 1.86. The Balaban J connectivity index is 1.17. The lowest BCUT2D eigenvalue weighted by molar-refractivity contribution is 0.704. The zero-order chi connectivity index (χ0) is 32.1. The van der Waals surface area contributed by atoms with Gasteiger partial charge in [0.2, 0.25) is 0 Å². The summed E-state index contributed by atoms with van der Waals surface area (Å²) in [5.41, 5.74) is 8.96. The van der Waals surface area contributed by atoms with Gasteiger partial charge in [-0.15, -0.1) is 0 Å². The maximum absolute atomic E-state index is 5.15. The maximum atomic E-state index is 5.15. The molecule has 0 saturated heterocycles. The van der Waals surface area contributed by atoms with Gasteiger partial charge in [0.25, 0.3) is 0 Å². The van der Waals surface area contributed by atoms with Gasteiger partial charge in [0.05, 0.1) is 39.5 Å². The third-order valence-electron chi connectivity index (χ3n) is 9.94. The molecule has 0 saturated carbocycles. The van der Waals surface area contributed by atoms with Crippen molar-refractivity contribution in [3.05, 3.63) is 157 Å². The number of para-hydroxylation sites is 3. The quantitative estimate of drug-likeness (QED) is 0.192. The summed E-state index contributed by atoms with van der Waals surface area (Å²) in [6.45, 7) is 0. The van der Waals surface area contributed by atoms with Crippen LogP contribution in [0.4, 0.5) is 0 Å². The highest BCUT2D eigenvalue weighted by Crippen LogP contribution is 2.51. The van der Waals surface area contributed by atoms with E-state index < -0.39 is 0 Å². The minimum Gasteiger partial charge on any atom is -0.309 e. The van der Waals surface area contributed by atoms with Crippen LogP contribution in [0.25, 0.3) is 55.0 Å². The Morgan fingerprint density at radius 3 is 2.24 bits per heavy atom. The topological polar surface area (TPSA) is 60.4 Å². The molecule has 0 fully saturated rings. The molecule has 2 unspecified atom stereocenters. The van der Waals surface area contributed by atoms with Gasteiger partial charge in [0, 0.05) is 60.9 Å². The van der Waals surface area contributed by atoms with Crippen molar-refractivity contribution in [3.8, 4) is 11.4 Å². The van der Waals surface area contributed by atoms with Crippen LogP contribution in [0.5, 0.6) is 0 Å². The number of benzene rings is 5. The minimum absolute atomic E-state index is 0.000758. The zero-order valence-corrected chi connectivity index (χ0v) is 26.9. The van der Waals surface area contributed by atoms with Gasteiger partial charge in [0.15, 0.2) is 11.7 Å². The Labute approximate surface area is 285 Å². The second-order valence-electron chi connectivity index (χ2n) is 12.6. The van der Waals surface area contributed by atoms with Gasteiger partial charge in [-0.1, -0.05) is 96.7 Å². The molecular weight excluding hydrogens is 621 g/mol. The number of nitrogens with zero attached hydrogens (tertiary/aromatic N) is 6. The molecule has 11 rings (SSSR count). The van der Waals surface area contributed by atoms with Crippen molar-refractivity contribution in [1.29, 1.82) is 0 Å². The van der Waals surface area contributed by atoms with E-state index in [0.717, 1.165) is 17.0 Å². The van der Waals surface area contributed by atoms with Gasteiger partial charge < -0.3 is 9.13 Å². The molecule has 0 bridgehead atoms. The number of aromatic nitrogens is 4. The van der Waals surface area contributed by atoms with Gasteiger partial charge in [-0.25, -0.2) is 15.0 Å². The third-order valence-corrected chi connectivity index (χ3v) is 11.0. The Kier molecular flexibility index (Phi) is 5.62. The Bertz CT molecular complexity index is 2820.